The van der Waals surface area contributed by atoms with Crippen LogP contribution in [-0.4, -0.2) is 38.4 Å². The van der Waals surface area contributed by atoms with Gasteiger partial charge in [0.15, 0.2) is 0 Å². The highest BCUT2D eigenvalue weighted by atomic mass is 15.3. The summed E-state index contributed by atoms with van der Waals surface area (Å²) in [5.74, 6) is 2.02. The lowest BCUT2D eigenvalue weighted by Gasteiger charge is -2.41. The summed E-state index contributed by atoms with van der Waals surface area (Å²) in [7, 11) is 0. The van der Waals surface area contributed by atoms with E-state index in [1.807, 2.05) is 0 Å². The van der Waals surface area contributed by atoms with Gasteiger partial charge in [-0.1, -0.05) is 140 Å². The average molecular weight is 846 g/mol. The highest BCUT2D eigenvalue weighted by Crippen LogP contribution is 2.46. The fourth-order valence-electron chi connectivity index (χ4n) is 10.2. The van der Waals surface area contributed by atoms with Crippen molar-refractivity contribution in [3.8, 4) is 27.9 Å². The van der Waals surface area contributed by atoms with Gasteiger partial charge in [0.25, 0.3) is 0 Å². The number of anilines is 2. The van der Waals surface area contributed by atoms with Crippen LogP contribution in [0.1, 0.15) is 66.5 Å². The largest absolute Gasteiger partial charge is 0.318 e. The Morgan fingerprint density at radius 2 is 0.785 bits per heavy atom. The molecule has 2 aliphatic rings. The van der Waals surface area contributed by atoms with Gasteiger partial charge in [-0.3, -0.25) is 9.98 Å². The molecule has 3 heterocycles. The predicted octanol–water partition coefficient (Wildman–Crippen LogP) is 14.9. The number of para-hydroxylation sites is 1. The minimum atomic E-state index is -0.281. The SMILES string of the molecule is CC1(C)N=C(c2ccccc2)N(c2ccc(-c3ccc4c5c6ccccc6c(-c6ccc(N7C(c8ccccc8)=NC(C)(C)C7(C)C)cc6)cc5n(-c5ccccc5)c4c3)cc2)C1(C)C. The second-order valence-corrected chi connectivity index (χ2v) is 19.9. The molecule has 65 heavy (non-hydrogen) atoms. The minimum absolute atomic E-state index is 0.235. The quantitative estimate of drug-likeness (QED) is 0.160. The van der Waals surface area contributed by atoms with E-state index in [-0.39, 0.29) is 22.2 Å². The molecule has 320 valence electrons. The summed E-state index contributed by atoms with van der Waals surface area (Å²) in [6.07, 6.45) is 0. The molecule has 5 heteroatoms. The van der Waals surface area contributed by atoms with Crippen LogP contribution in [0.25, 0.3) is 60.5 Å². The Labute approximate surface area is 383 Å². The van der Waals surface area contributed by atoms with Crippen LogP contribution in [0.3, 0.4) is 0 Å². The van der Waals surface area contributed by atoms with Crippen molar-refractivity contribution in [2.24, 2.45) is 9.98 Å². The van der Waals surface area contributed by atoms with Gasteiger partial charge < -0.3 is 14.4 Å². The number of amidine groups is 2. The summed E-state index contributed by atoms with van der Waals surface area (Å²) in [5, 5.41) is 4.98. The van der Waals surface area contributed by atoms with E-state index < -0.39 is 0 Å². The molecule has 0 radical (unpaired) electrons. The zero-order chi connectivity index (χ0) is 44.9. The molecule has 0 atom stereocenters. The van der Waals surface area contributed by atoms with Crippen LogP contribution < -0.4 is 9.80 Å². The minimum Gasteiger partial charge on any atom is -0.318 e. The van der Waals surface area contributed by atoms with Gasteiger partial charge in [-0.25, -0.2) is 0 Å². The van der Waals surface area contributed by atoms with Crippen LogP contribution in [-0.2, 0) is 0 Å². The molecule has 0 spiro atoms. The van der Waals surface area contributed by atoms with Gasteiger partial charge in [0.05, 0.1) is 33.2 Å². The predicted molar refractivity (Wildman–Crippen MR) is 276 cm³/mol. The Bertz CT molecular complexity index is 3340. The van der Waals surface area contributed by atoms with Crippen molar-refractivity contribution in [2.45, 2.75) is 77.5 Å². The molecule has 0 saturated carbocycles. The van der Waals surface area contributed by atoms with E-state index in [0.717, 1.165) is 39.9 Å². The fourth-order valence-corrected chi connectivity index (χ4v) is 10.2. The molecule has 0 unspecified atom stereocenters. The third kappa shape index (κ3) is 6.27. The van der Waals surface area contributed by atoms with Crippen LogP contribution in [0, 0.1) is 0 Å². The summed E-state index contributed by atoms with van der Waals surface area (Å²) >= 11 is 0. The first-order chi connectivity index (χ1) is 31.2. The highest BCUT2D eigenvalue weighted by molar-refractivity contribution is 6.24. The number of hydrogen-bond donors (Lipinski definition) is 0. The van der Waals surface area contributed by atoms with Gasteiger partial charge in [0.1, 0.15) is 11.7 Å². The number of fused-ring (bicyclic) bond motifs is 5. The second kappa shape index (κ2) is 14.6. The lowest BCUT2D eigenvalue weighted by Crippen LogP contribution is -2.53. The monoisotopic (exact) mass is 845 g/mol. The second-order valence-electron chi connectivity index (χ2n) is 19.9. The number of aliphatic imine (C=N–C) groups is 2. The van der Waals surface area contributed by atoms with Crippen molar-refractivity contribution < 1.29 is 0 Å². The van der Waals surface area contributed by atoms with Crippen LogP contribution in [0.15, 0.2) is 198 Å². The van der Waals surface area contributed by atoms with Gasteiger partial charge >= 0.3 is 0 Å². The third-order valence-electron chi connectivity index (χ3n) is 15.1. The molecule has 0 amide bonds. The number of aromatic nitrogens is 1. The fraction of sp³-hybridized carbons (Fsp3) is 0.200. The summed E-state index contributed by atoms with van der Waals surface area (Å²) < 4.78 is 2.46. The molecular weight excluding hydrogens is 791 g/mol. The number of benzene rings is 8. The third-order valence-corrected chi connectivity index (χ3v) is 15.1. The molecule has 0 aliphatic carbocycles. The average Bonchev–Trinajstić information content (AvgIpc) is 3.83. The first-order valence-electron chi connectivity index (χ1n) is 22.9. The Balaban J connectivity index is 1.03. The van der Waals surface area contributed by atoms with Gasteiger partial charge in [-0.2, -0.15) is 0 Å². The van der Waals surface area contributed by atoms with Crippen LogP contribution >= 0.6 is 0 Å². The van der Waals surface area contributed by atoms with E-state index in [4.69, 9.17) is 9.98 Å². The van der Waals surface area contributed by atoms with Crippen molar-refractivity contribution in [1.82, 2.24) is 4.57 Å². The molecule has 8 aromatic carbocycles. The Hall–Kier alpha value is -7.24. The molecule has 9 aromatic rings. The molecule has 5 nitrogen and oxygen atoms in total. The zero-order valence-corrected chi connectivity index (χ0v) is 38.6. The van der Waals surface area contributed by atoms with E-state index in [1.54, 1.807) is 0 Å². The molecule has 1 aromatic heterocycles. The van der Waals surface area contributed by atoms with Gasteiger partial charge in [-0.05, 0) is 137 Å². The first kappa shape index (κ1) is 40.5. The van der Waals surface area contributed by atoms with Crippen LogP contribution in [0.2, 0.25) is 0 Å². The molecule has 0 fully saturated rings. The molecule has 0 N–H and O–H groups in total. The maximum atomic E-state index is 5.32. The standard InChI is InChI=1S/C60H55N5/c1-57(2)59(5,6)64(55(61-57)42-20-12-9-13-21-42)46-33-28-40(29-34-46)44-32-37-50-52(38-44)63(45-24-16-11-17-25-45)53-39-51(48-26-18-19-27-49(48)54(50)53)41-30-35-47(36-31-41)65-56(43-22-14-10-15-23-43)62-58(3,4)60(65,7)8/h9-39H,1-8H3. The molecule has 0 bridgehead atoms. The van der Waals surface area contributed by atoms with Crippen molar-refractivity contribution in [3.63, 3.8) is 0 Å². The number of rotatable bonds is 7. The normalized spacial score (nSPS) is 17.2. The lowest BCUT2D eigenvalue weighted by molar-refractivity contribution is 0.338. The van der Waals surface area contributed by atoms with E-state index in [1.165, 1.54) is 54.8 Å². The maximum Gasteiger partial charge on any atom is 0.136 e. The van der Waals surface area contributed by atoms with Gasteiger partial charge in [0, 0.05) is 39.0 Å². The van der Waals surface area contributed by atoms with E-state index in [0.29, 0.717) is 0 Å². The van der Waals surface area contributed by atoms with Gasteiger partial charge in [0.2, 0.25) is 0 Å². The lowest BCUT2D eigenvalue weighted by atomic mass is 9.83. The molecular formula is C60H55N5. The zero-order valence-electron chi connectivity index (χ0n) is 38.6. The Morgan fingerprint density at radius 1 is 0.338 bits per heavy atom. The Morgan fingerprint density at radius 3 is 1.31 bits per heavy atom. The van der Waals surface area contributed by atoms with Crippen molar-refractivity contribution in [3.05, 3.63) is 199 Å². The summed E-state index contributed by atoms with van der Waals surface area (Å²) in [4.78, 5) is 15.5. The maximum absolute atomic E-state index is 5.32. The van der Waals surface area contributed by atoms with E-state index in [9.17, 15) is 0 Å². The van der Waals surface area contributed by atoms with Crippen molar-refractivity contribution in [2.75, 3.05) is 9.80 Å². The van der Waals surface area contributed by atoms with Crippen LogP contribution in [0.5, 0.6) is 0 Å². The molecule has 2 aliphatic heterocycles. The Kier molecular flexibility index (Phi) is 9.13. The first-order valence-corrected chi connectivity index (χ1v) is 22.9. The summed E-state index contributed by atoms with van der Waals surface area (Å²) in [5.41, 5.74) is 11.7. The van der Waals surface area contributed by atoms with Crippen LogP contribution in [0.4, 0.5) is 11.4 Å². The molecule has 11 rings (SSSR count). The number of nitrogens with zero attached hydrogens (tertiary/aromatic N) is 5. The summed E-state index contributed by atoms with van der Waals surface area (Å²) in [6, 6.07) is 68.5. The van der Waals surface area contributed by atoms with E-state index >= 15 is 0 Å². The smallest absolute Gasteiger partial charge is 0.136 e. The van der Waals surface area contributed by atoms with E-state index in [2.05, 4.69) is 258 Å². The molecule has 0 saturated heterocycles. The van der Waals surface area contributed by atoms with Crippen molar-refractivity contribution >= 4 is 55.6 Å². The summed E-state index contributed by atoms with van der Waals surface area (Å²) in [6.45, 7) is 18.2. The van der Waals surface area contributed by atoms with Crippen molar-refractivity contribution in [1.29, 1.82) is 0 Å². The number of hydrogen-bond acceptors (Lipinski definition) is 4. The van der Waals surface area contributed by atoms with Gasteiger partial charge in [-0.15, -0.1) is 0 Å². The highest BCUT2D eigenvalue weighted by Gasteiger charge is 2.51. The topological polar surface area (TPSA) is 36.1 Å².